The molecule has 4 fully saturated rings. The van der Waals surface area contributed by atoms with Crippen LogP contribution in [0.4, 0.5) is 0 Å². The molecule has 264 valence electrons. The van der Waals surface area contributed by atoms with Crippen LogP contribution in [0.5, 0.6) is 0 Å². The zero-order chi connectivity index (χ0) is 36.2. The van der Waals surface area contributed by atoms with Crippen molar-refractivity contribution in [2.75, 3.05) is 0 Å². The van der Waals surface area contributed by atoms with Crippen LogP contribution in [0.15, 0.2) is 146 Å². The van der Waals surface area contributed by atoms with Gasteiger partial charge in [-0.3, -0.25) is 0 Å². The molecule has 4 saturated carbocycles. The van der Waals surface area contributed by atoms with E-state index in [0.717, 1.165) is 23.7 Å². The van der Waals surface area contributed by atoms with Crippen molar-refractivity contribution in [1.82, 2.24) is 0 Å². The van der Waals surface area contributed by atoms with Crippen LogP contribution in [0.25, 0.3) is 76.8 Å². The molecule has 0 nitrogen and oxygen atoms in total. The standard InChI is InChI=1S/C55H44/c1-54(2)47-18-10-9-13-40(47)41-22-19-36(31-50(41)54)52-44-16-7-5-14-42(44)51(43-15-6-8-17-45(43)52)35-21-23-48-46(30-35)53-39-12-4-3-11-34(39)20-24-49(53)55(48)37-26-32-25-33(28-37)29-38(55)27-32/h3-24,30-33,37-38H,25-29H2,1-2H3. The van der Waals surface area contributed by atoms with E-state index >= 15 is 0 Å². The van der Waals surface area contributed by atoms with Crippen LogP contribution in [-0.4, -0.2) is 0 Å². The molecule has 55 heavy (non-hydrogen) atoms. The van der Waals surface area contributed by atoms with Gasteiger partial charge in [0.2, 0.25) is 0 Å². The average molecular weight is 705 g/mol. The summed E-state index contributed by atoms with van der Waals surface area (Å²) >= 11 is 0. The van der Waals surface area contributed by atoms with Crippen molar-refractivity contribution in [3.05, 3.63) is 168 Å². The molecular formula is C55H44. The Bertz CT molecular complexity index is 2890. The van der Waals surface area contributed by atoms with Crippen molar-refractivity contribution in [2.24, 2.45) is 23.7 Å². The number of benzene rings is 8. The smallest absolute Gasteiger partial charge is 0.0272 e. The summed E-state index contributed by atoms with van der Waals surface area (Å²) in [6.07, 6.45) is 7.10. The van der Waals surface area contributed by atoms with E-state index in [0.29, 0.717) is 0 Å². The molecule has 4 bridgehead atoms. The molecule has 0 saturated heterocycles. The van der Waals surface area contributed by atoms with Crippen molar-refractivity contribution < 1.29 is 0 Å². The van der Waals surface area contributed by atoms with Gasteiger partial charge < -0.3 is 0 Å². The van der Waals surface area contributed by atoms with Crippen LogP contribution in [-0.2, 0) is 10.8 Å². The molecule has 6 aliphatic rings. The van der Waals surface area contributed by atoms with Gasteiger partial charge in [-0.1, -0.05) is 147 Å². The summed E-state index contributed by atoms with van der Waals surface area (Å²) in [4.78, 5) is 0. The van der Waals surface area contributed by atoms with Crippen LogP contribution < -0.4 is 0 Å². The molecule has 0 aromatic heterocycles. The monoisotopic (exact) mass is 704 g/mol. The molecule has 0 radical (unpaired) electrons. The summed E-state index contributed by atoms with van der Waals surface area (Å²) < 4.78 is 0. The van der Waals surface area contributed by atoms with E-state index in [4.69, 9.17) is 0 Å². The van der Waals surface area contributed by atoms with E-state index in [1.807, 2.05) is 0 Å². The molecule has 8 aromatic carbocycles. The third-order valence-corrected chi connectivity index (χ3v) is 15.6. The first kappa shape index (κ1) is 30.8. The van der Waals surface area contributed by atoms with Crippen molar-refractivity contribution in [3.8, 4) is 44.5 Å². The fraction of sp³-hybridized carbons (Fsp3) is 0.236. The second kappa shape index (κ2) is 10.6. The third-order valence-electron chi connectivity index (χ3n) is 15.6. The van der Waals surface area contributed by atoms with Gasteiger partial charge in [-0.2, -0.15) is 0 Å². The number of fused-ring (bicyclic) bond motifs is 10. The summed E-state index contributed by atoms with van der Waals surface area (Å²) in [5, 5.41) is 8.11. The Morgan fingerprint density at radius 3 is 1.58 bits per heavy atom. The molecule has 0 unspecified atom stereocenters. The van der Waals surface area contributed by atoms with Gasteiger partial charge in [-0.15, -0.1) is 0 Å². The lowest BCUT2D eigenvalue weighted by atomic mass is 9.43. The maximum absolute atomic E-state index is 2.63. The van der Waals surface area contributed by atoms with E-state index in [1.165, 1.54) is 120 Å². The fourth-order valence-electron chi connectivity index (χ4n) is 13.7. The largest absolute Gasteiger partial charge is 0.0619 e. The second-order valence-corrected chi connectivity index (χ2v) is 18.4. The van der Waals surface area contributed by atoms with Gasteiger partial charge in [0.25, 0.3) is 0 Å². The highest BCUT2D eigenvalue weighted by Crippen LogP contribution is 2.70. The first-order valence-electron chi connectivity index (χ1n) is 20.9. The predicted molar refractivity (Wildman–Crippen MR) is 231 cm³/mol. The van der Waals surface area contributed by atoms with Crippen LogP contribution in [0, 0.1) is 23.7 Å². The lowest BCUT2D eigenvalue weighted by Crippen LogP contribution is -2.55. The maximum Gasteiger partial charge on any atom is 0.0272 e. The topological polar surface area (TPSA) is 0 Å². The van der Waals surface area contributed by atoms with Crippen LogP contribution in [0.3, 0.4) is 0 Å². The molecule has 8 aromatic rings. The lowest BCUT2D eigenvalue weighted by Gasteiger charge is -2.61. The van der Waals surface area contributed by atoms with Gasteiger partial charge in [0, 0.05) is 10.8 Å². The number of hydrogen-bond donors (Lipinski definition) is 0. The van der Waals surface area contributed by atoms with E-state index < -0.39 is 0 Å². The highest BCUT2D eigenvalue weighted by molar-refractivity contribution is 6.22. The van der Waals surface area contributed by atoms with E-state index in [1.54, 1.807) is 11.1 Å². The molecule has 6 aliphatic carbocycles. The minimum absolute atomic E-state index is 0.0486. The Morgan fingerprint density at radius 1 is 0.382 bits per heavy atom. The summed E-state index contributed by atoms with van der Waals surface area (Å²) in [5.41, 5.74) is 17.3. The molecule has 0 amide bonds. The minimum atomic E-state index is -0.0486. The van der Waals surface area contributed by atoms with Crippen molar-refractivity contribution >= 4 is 32.3 Å². The fourth-order valence-corrected chi connectivity index (χ4v) is 13.7. The SMILES string of the molecule is CC1(C)c2ccccc2-c2ccc(-c3c4ccccc4c(-c4ccc5c(c4)-c4c(ccc6ccccc46)C54C5CC6CC(C5)CC4C6)c4ccccc34)cc21. The highest BCUT2D eigenvalue weighted by Gasteiger charge is 2.61. The highest BCUT2D eigenvalue weighted by atomic mass is 14.6. The Morgan fingerprint density at radius 2 is 0.909 bits per heavy atom. The normalized spacial score (nSPS) is 24.8. The summed E-state index contributed by atoms with van der Waals surface area (Å²) in [6, 6.07) is 56.6. The van der Waals surface area contributed by atoms with Crippen LogP contribution in [0.2, 0.25) is 0 Å². The lowest BCUT2D eigenvalue weighted by molar-refractivity contribution is -0.0399. The summed E-state index contributed by atoms with van der Waals surface area (Å²) in [6.45, 7) is 4.78. The van der Waals surface area contributed by atoms with Crippen LogP contribution >= 0.6 is 0 Å². The first-order chi connectivity index (χ1) is 27.0. The molecule has 0 N–H and O–H groups in total. The molecule has 0 atom stereocenters. The molecule has 0 aliphatic heterocycles. The van der Waals surface area contributed by atoms with Gasteiger partial charge in [-0.25, -0.2) is 0 Å². The Labute approximate surface area is 323 Å². The van der Waals surface area contributed by atoms with Crippen molar-refractivity contribution in [2.45, 2.75) is 56.8 Å². The average Bonchev–Trinajstić information content (AvgIpc) is 3.64. The zero-order valence-corrected chi connectivity index (χ0v) is 31.7. The maximum atomic E-state index is 2.63. The van der Waals surface area contributed by atoms with Gasteiger partial charge in [0.15, 0.2) is 0 Å². The minimum Gasteiger partial charge on any atom is -0.0619 e. The molecule has 1 spiro atoms. The van der Waals surface area contributed by atoms with Gasteiger partial charge >= 0.3 is 0 Å². The van der Waals surface area contributed by atoms with E-state index in [9.17, 15) is 0 Å². The van der Waals surface area contributed by atoms with Gasteiger partial charge in [0.05, 0.1) is 0 Å². The van der Waals surface area contributed by atoms with Crippen molar-refractivity contribution in [1.29, 1.82) is 0 Å². The third kappa shape index (κ3) is 3.84. The van der Waals surface area contributed by atoms with Gasteiger partial charge in [-0.05, 0) is 167 Å². The summed E-state index contributed by atoms with van der Waals surface area (Å²) in [5.74, 6) is 3.37. The number of hydrogen-bond acceptors (Lipinski definition) is 0. The molecular weight excluding hydrogens is 661 g/mol. The Kier molecular flexibility index (Phi) is 5.96. The quantitative estimate of drug-likeness (QED) is 0.157. The second-order valence-electron chi connectivity index (χ2n) is 18.4. The number of rotatable bonds is 2. The Hall–Kier alpha value is -5.46. The molecule has 14 rings (SSSR count). The van der Waals surface area contributed by atoms with Crippen molar-refractivity contribution in [3.63, 3.8) is 0 Å². The first-order valence-corrected chi connectivity index (χ1v) is 20.9. The van der Waals surface area contributed by atoms with Crippen LogP contribution in [0.1, 0.15) is 68.2 Å². The van der Waals surface area contributed by atoms with Gasteiger partial charge in [0.1, 0.15) is 0 Å². The summed E-state index contributed by atoms with van der Waals surface area (Å²) in [7, 11) is 0. The van der Waals surface area contributed by atoms with E-state index in [-0.39, 0.29) is 10.8 Å². The predicted octanol–water partition coefficient (Wildman–Crippen LogP) is 14.5. The Balaban J connectivity index is 1.06. The zero-order valence-electron chi connectivity index (χ0n) is 31.7. The molecule has 0 heteroatoms. The van der Waals surface area contributed by atoms with E-state index in [2.05, 4.69) is 159 Å². The molecule has 0 heterocycles.